The maximum absolute atomic E-state index is 5.46. The molecule has 0 aliphatic rings. The van der Waals surface area contributed by atoms with Gasteiger partial charge in [-0.3, -0.25) is 4.57 Å². The molecule has 0 aromatic carbocycles. The summed E-state index contributed by atoms with van der Waals surface area (Å²) in [6.45, 7) is 1.90. The van der Waals surface area contributed by atoms with E-state index in [1.54, 1.807) is 7.05 Å². The molecule has 5 heteroatoms. The van der Waals surface area contributed by atoms with Gasteiger partial charge in [-0.25, -0.2) is 0 Å². The van der Waals surface area contributed by atoms with Gasteiger partial charge in [-0.15, -0.1) is 10.2 Å². The van der Waals surface area contributed by atoms with E-state index in [9.17, 15) is 0 Å². The molecule has 1 N–H and O–H groups in total. The van der Waals surface area contributed by atoms with Crippen molar-refractivity contribution in [3.05, 3.63) is 17.9 Å². The van der Waals surface area contributed by atoms with E-state index in [4.69, 9.17) is 4.42 Å². The smallest absolute Gasteiger partial charge is 0.224 e. The minimum atomic E-state index is 0.717. The number of hydrogen-bond acceptors (Lipinski definition) is 4. The van der Waals surface area contributed by atoms with Gasteiger partial charge in [0.05, 0.1) is 0 Å². The molecule has 0 bridgehead atoms. The summed E-state index contributed by atoms with van der Waals surface area (Å²) in [6.07, 6.45) is 0. The number of aromatic nitrogens is 3. The van der Waals surface area contributed by atoms with Crippen LogP contribution in [-0.4, -0.2) is 21.8 Å². The number of furan rings is 1. The van der Waals surface area contributed by atoms with E-state index >= 15 is 0 Å². The van der Waals surface area contributed by atoms with Crippen LogP contribution in [0.1, 0.15) is 5.76 Å². The lowest BCUT2D eigenvalue weighted by atomic mass is 10.4. The molecule has 0 aliphatic carbocycles. The van der Waals surface area contributed by atoms with Crippen molar-refractivity contribution >= 4 is 5.95 Å². The van der Waals surface area contributed by atoms with E-state index in [0.717, 1.165) is 17.3 Å². The quantitative estimate of drug-likeness (QED) is 0.781. The molecular formula is C9H12N4O. The maximum atomic E-state index is 5.46. The molecule has 2 heterocycles. The van der Waals surface area contributed by atoms with Gasteiger partial charge in [-0.05, 0) is 19.1 Å². The lowest BCUT2D eigenvalue weighted by Crippen LogP contribution is -1.99. The molecule has 0 unspecified atom stereocenters. The fourth-order valence-electron chi connectivity index (χ4n) is 1.32. The Morgan fingerprint density at radius 2 is 2.14 bits per heavy atom. The van der Waals surface area contributed by atoms with E-state index in [1.165, 1.54) is 0 Å². The van der Waals surface area contributed by atoms with E-state index in [0.29, 0.717) is 5.95 Å². The van der Waals surface area contributed by atoms with Crippen LogP contribution in [-0.2, 0) is 7.05 Å². The first-order chi connectivity index (χ1) is 6.72. The van der Waals surface area contributed by atoms with Gasteiger partial charge in [0.1, 0.15) is 5.76 Å². The van der Waals surface area contributed by atoms with Crippen molar-refractivity contribution in [2.45, 2.75) is 6.92 Å². The van der Waals surface area contributed by atoms with Crippen molar-refractivity contribution in [3.8, 4) is 11.6 Å². The first kappa shape index (κ1) is 8.80. The molecular weight excluding hydrogens is 180 g/mol. The fourth-order valence-corrected chi connectivity index (χ4v) is 1.32. The predicted molar refractivity (Wildman–Crippen MR) is 53.0 cm³/mol. The third-order valence-electron chi connectivity index (χ3n) is 2.06. The average Bonchev–Trinajstić information content (AvgIpc) is 2.72. The third kappa shape index (κ3) is 1.26. The van der Waals surface area contributed by atoms with Gasteiger partial charge in [-0.1, -0.05) is 0 Å². The van der Waals surface area contributed by atoms with Gasteiger partial charge in [0.25, 0.3) is 0 Å². The van der Waals surface area contributed by atoms with Crippen LogP contribution in [0.2, 0.25) is 0 Å². The van der Waals surface area contributed by atoms with Gasteiger partial charge in [0.2, 0.25) is 11.8 Å². The summed E-state index contributed by atoms with van der Waals surface area (Å²) in [5.74, 6) is 3.05. The van der Waals surface area contributed by atoms with Crippen LogP contribution in [0.15, 0.2) is 16.5 Å². The molecule has 5 nitrogen and oxygen atoms in total. The van der Waals surface area contributed by atoms with Crippen molar-refractivity contribution in [1.29, 1.82) is 0 Å². The molecule has 74 valence electrons. The number of anilines is 1. The Bertz CT molecular complexity index is 443. The zero-order valence-corrected chi connectivity index (χ0v) is 8.40. The molecule has 0 atom stereocenters. The first-order valence-electron chi connectivity index (χ1n) is 4.36. The Morgan fingerprint density at radius 3 is 2.64 bits per heavy atom. The van der Waals surface area contributed by atoms with Gasteiger partial charge in [-0.2, -0.15) is 0 Å². The molecule has 14 heavy (non-hydrogen) atoms. The second kappa shape index (κ2) is 3.17. The summed E-state index contributed by atoms with van der Waals surface area (Å²) in [5.41, 5.74) is 0. The monoisotopic (exact) mass is 192 g/mol. The summed E-state index contributed by atoms with van der Waals surface area (Å²) in [5, 5.41) is 10.9. The third-order valence-corrected chi connectivity index (χ3v) is 2.06. The standard InChI is InChI=1S/C9H12N4O/c1-6-4-5-7(14-6)8-11-12-9(10-2)13(8)3/h4-5H,1-3H3,(H,10,12). The highest BCUT2D eigenvalue weighted by atomic mass is 16.3. The topological polar surface area (TPSA) is 55.9 Å². The van der Waals surface area contributed by atoms with Crippen LogP contribution in [0.4, 0.5) is 5.95 Å². The lowest BCUT2D eigenvalue weighted by Gasteiger charge is -1.99. The van der Waals surface area contributed by atoms with Gasteiger partial charge >= 0.3 is 0 Å². The van der Waals surface area contributed by atoms with Crippen molar-refractivity contribution < 1.29 is 4.42 Å². The van der Waals surface area contributed by atoms with Gasteiger partial charge in [0.15, 0.2) is 5.76 Å². The number of nitrogens with one attached hydrogen (secondary N) is 1. The SMILES string of the molecule is CNc1nnc(-c2ccc(C)o2)n1C. The normalized spacial score (nSPS) is 10.5. The first-order valence-corrected chi connectivity index (χ1v) is 4.36. The number of nitrogens with zero attached hydrogens (tertiary/aromatic N) is 3. The van der Waals surface area contributed by atoms with Crippen LogP contribution in [0.5, 0.6) is 0 Å². The van der Waals surface area contributed by atoms with E-state index in [-0.39, 0.29) is 0 Å². The van der Waals surface area contributed by atoms with Crippen LogP contribution < -0.4 is 5.32 Å². The van der Waals surface area contributed by atoms with Crippen LogP contribution in [0.25, 0.3) is 11.6 Å². The number of hydrogen-bond donors (Lipinski definition) is 1. The Kier molecular flexibility index (Phi) is 1.99. The second-order valence-electron chi connectivity index (χ2n) is 3.07. The molecule has 0 saturated carbocycles. The minimum Gasteiger partial charge on any atom is -0.458 e. The summed E-state index contributed by atoms with van der Waals surface area (Å²) in [6, 6.07) is 3.79. The van der Waals surface area contributed by atoms with E-state index in [1.807, 2.05) is 30.7 Å². The molecule has 2 aromatic heterocycles. The predicted octanol–water partition coefficient (Wildman–Crippen LogP) is 1.43. The summed E-state index contributed by atoms with van der Waals surface area (Å²) in [4.78, 5) is 0. The van der Waals surface area contributed by atoms with Gasteiger partial charge < -0.3 is 9.73 Å². The van der Waals surface area contributed by atoms with Crippen molar-refractivity contribution in [1.82, 2.24) is 14.8 Å². The zero-order valence-electron chi connectivity index (χ0n) is 8.40. The highest BCUT2D eigenvalue weighted by Crippen LogP contribution is 2.20. The van der Waals surface area contributed by atoms with Crippen molar-refractivity contribution in [2.24, 2.45) is 7.05 Å². The number of aryl methyl sites for hydroxylation is 1. The molecule has 2 aromatic rings. The Labute approximate surface area is 81.8 Å². The highest BCUT2D eigenvalue weighted by molar-refractivity contribution is 5.50. The molecule has 0 spiro atoms. The molecule has 0 saturated heterocycles. The summed E-state index contributed by atoms with van der Waals surface area (Å²) >= 11 is 0. The van der Waals surface area contributed by atoms with E-state index in [2.05, 4.69) is 15.5 Å². The molecule has 0 amide bonds. The van der Waals surface area contributed by atoms with Crippen LogP contribution >= 0.6 is 0 Å². The summed E-state index contributed by atoms with van der Waals surface area (Å²) in [7, 11) is 3.69. The second-order valence-corrected chi connectivity index (χ2v) is 3.07. The minimum absolute atomic E-state index is 0.717. The van der Waals surface area contributed by atoms with Crippen molar-refractivity contribution in [2.75, 3.05) is 12.4 Å². The maximum Gasteiger partial charge on any atom is 0.224 e. The molecule has 0 aliphatic heterocycles. The number of rotatable bonds is 2. The zero-order chi connectivity index (χ0) is 10.1. The molecule has 2 rings (SSSR count). The molecule has 0 radical (unpaired) electrons. The lowest BCUT2D eigenvalue weighted by molar-refractivity contribution is 0.541. The van der Waals surface area contributed by atoms with Gasteiger partial charge in [0, 0.05) is 14.1 Å². The Balaban J connectivity index is 2.46. The Hall–Kier alpha value is -1.78. The summed E-state index contributed by atoms with van der Waals surface area (Å²) < 4.78 is 7.30. The van der Waals surface area contributed by atoms with Crippen LogP contribution in [0.3, 0.4) is 0 Å². The van der Waals surface area contributed by atoms with Crippen LogP contribution in [0, 0.1) is 6.92 Å². The Morgan fingerprint density at radius 1 is 1.36 bits per heavy atom. The largest absolute Gasteiger partial charge is 0.458 e. The highest BCUT2D eigenvalue weighted by Gasteiger charge is 2.11. The average molecular weight is 192 g/mol. The fraction of sp³-hybridized carbons (Fsp3) is 0.333. The van der Waals surface area contributed by atoms with E-state index < -0.39 is 0 Å². The molecule has 0 fully saturated rings. The van der Waals surface area contributed by atoms with Crippen molar-refractivity contribution in [3.63, 3.8) is 0 Å².